The summed E-state index contributed by atoms with van der Waals surface area (Å²) in [5.41, 5.74) is 2.04. The van der Waals surface area contributed by atoms with Crippen LogP contribution in [0.4, 0.5) is 5.13 Å². The second-order valence-corrected chi connectivity index (χ2v) is 9.33. The van der Waals surface area contributed by atoms with Gasteiger partial charge >= 0.3 is 5.91 Å². The van der Waals surface area contributed by atoms with E-state index in [-0.39, 0.29) is 11.3 Å². The van der Waals surface area contributed by atoms with Crippen molar-refractivity contribution in [3.8, 4) is 5.75 Å². The zero-order valence-electron chi connectivity index (χ0n) is 18.9. The molecule has 7 heteroatoms. The molecule has 170 valence electrons. The van der Waals surface area contributed by atoms with Crippen LogP contribution in [-0.2, 0) is 9.59 Å². The van der Waals surface area contributed by atoms with Gasteiger partial charge in [-0.05, 0) is 48.4 Å². The number of aryl methyl sites for hydroxylation is 2. The summed E-state index contributed by atoms with van der Waals surface area (Å²) >= 11 is 1.36. The summed E-state index contributed by atoms with van der Waals surface area (Å²) in [6.45, 7) is 3.79. The highest BCUT2D eigenvalue weighted by atomic mass is 32.1. The Morgan fingerprint density at radius 2 is 1.71 bits per heavy atom. The summed E-state index contributed by atoms with van der Waals surface area (Å²) < 4.78 is 5.28. The first-order valence-corrected chi connectivity index (χ1v) is 11.6. The largest absolute Gasteiger partial charge is 0.507 e. The highest BCUT2D eigenvalue weighted by molar-refractivity contribution is 7.16. The van der Waals surface area contributed by atoms with E-state index in [1.54, 1.807) is 19.2 Å². The number of hydrogen-bond donors (Lipinski definition) is 1. The summed E-state index contributed by atoms with van der Waals surface area (Å²) in [5, 5.41) is 13.6. The predicted molar refractivity (Wildman–Crippen MR) is 133 cm³/mol. The van der Waals surface area contributed by atoms with Crippen LogP contribution in [0.3, 0.4) is 0 Å². The Labute approximate surface area is 200 Å². The van der Waals surface area contributed by atoms with Crippen LogP contribution in [0.25, 0.3) is 16.5 Å². The number of ketones is 1. The van der Waals surface area contributed by atoms with E-state index >= 15 is 0 Å². The van der Waals surface area contributed by atoms with Crippen molar-refractivity contribution in [1.82, 2.24) is 4.98 Å². The molecule has 1 aliphatic heterocycles. The van der Waals surface area contributed by atoms with E-state index in [0.29, 0.717) is 10.7 Å². The monoisotopic (exact) mass is 470 g/mol. The fourth-order valence-electron chi connectivity index (χ4n) is 4.19. The first kappa shape index (κ1) is 21.9. The highest BCUT2D eigenvalue weighted by Crippen LogP contribution is 2.43. The van der Waals surface area contributed by atoms with Crippen LogP contribution in [0.15, 0.2) is 72.3 Å². The van der Waals surface area contributed by atoms with Crippen molar-refractivity contribution in [1.29, 1.82) is 0 Å². The van der Waals surface area contributed by atoms with Crippen LogP contribution in [0.2, 0.25) is 0 Å². The van der Waals surface area contributed by atoms with Crippen molar-refractivity contribution in [3.63, 3.8) is 0 Å². The summed E-state index contributed by atoms with van der Waals surface area (Å²) in [5.74, 6) is -0.910. The summed E-state index contributed by atoms with van der Waals surface area (Å²) in [7, 11) is 1.61. The Morgan fingerprint density at radius 3 is 2.38 bits per heavy atom. The van der Waals surface area contributed by atoms with Gasteiger partial charge in [0.05, 0.1) is 24.4 Å². The van der Waals surface area contributed by atoms with Gasteiger partial charge in [-0.25, -0.2) is 4.98 Å². The number of nitrogens with zero attached hydrogens (tertiary/aromatic N) is 2. The number of aliphatic hydroxyl groups is 1. The molecule has 0 aliphatic carbocycles. The molecule has 1 saturated heterocycles. The number of fused-ring (bicyclic) bond motifs is 1. The van der Waals surface area contributed by atoms with Crippen molar-refractivity contribution in [3.05, 3.63) is 94.0 Å². The van der Waals surface area contributed by atoms with Crippen molar-refractivity contribution < 1.29 is 19.4 Å². The summed E-state index contributed by atoms with van der Waals surface area (Å²) in [4.78, 5) is 33.4. The fraction of sp³-hybridized carbons (Fsp3) is 0.148. The molecule has 4 aromatic rings. The number of rotatable bonds is 4. The minimum Gasteiger partial charge on any atom is -0.507 e. The lowest BCUT2D eigenvalue weighted by Gasteiger charge is -2.23. The first-order valence-electron chi connectivity index (χ1n) is 10.8. The van der Waals surface area contributed by atoms with Gasteiger partial charge < -0.3 is 9.84 Å². The third-order valence-electron chi connectivity index (χ3n) is 6.10. The molecule has 5 rings (SSSR count). The maximum atomic E-state index is 13.3. The van der Waals surface area contributed by atoms with Crippen molar-refractivity contribution in [2.75, 3.05) is 12.0 Å². The van der Waals surface area contributed by atoms with E-state index in [4.69, 9.17) is 4.74 Å². The molecule has 0 radical (unpaired) electrons. The van der Waals surface area contributed by atoms with Crippen LogP contribution in [0, 0.1) is 13.8 Å². The van der Waals surface area contributed by atoms with E-state index < -0.39 is 17.7 Å². The zero-order valence-corrected chi connectivity index (χ0v) is 19.7. The molecule has 1 fully saturated rings. The Bertz CT molecular complexity index is 1450. The van der Waals surface area contributed by atoms with Gasteiger partial charge in [0.25, 0.3) is 5.78 Å². The maximum Gasteiger partial charge on any atom is 0.301 e. The fourth-order valence-corrected chi connectivity index (χ4v) is 5.13. The number of aliphatic hydroxyl groups excluding tert-OH is 1. The molecule has 1 atom stereocenters. The standard InChI is InChI=1S/C27H22N2O4S/c1-15-16(2)34-27(28-15)29-23(17-7-5-4-6-8-17)22(25(31)26(29)32)24(30)20-10-9-19-14-21(33-3)12-11-18(19)13-20/h4-14,23,30H,1-3H3/b24-22+. The normalized spacial score (nSPS) is 17.5. The molecule has 34 heavy (non-hydrogen) atoms. The molecule has 0 spiro atoms. The van der Waals surface area contributed by atoms with Gasteiger partial charge in [-0.2, -0.15) is 0 Å². The molecule has 0 saturated carbocycles. The Morgan fingerprint density at radius 1 is 1.00 bits per heavy atom. The number of benzene rings is 3. The van der Waals surface area contributed by atoms with E-state index in [0.717, 1.165) is 32.7 Å². The van der Waals surface area contributed by atoms with Gasteiger partial charge in [-0.1, -0.05) is 48.5 Å². The second kappa shape index (κ2) is 8.43. The first-order chi connectivity index (χ1) is 16.4. The molecule has 1 N–H and O–H groups in total. The number of carbonyl (C=O) groups is 2. The van der Waals surface area contributed by atoms with Gasteiger partial charge in [-0.15, -0.1) is 11.3 Å². The van der Waals surface area contributed by atoms with Crippen LogP contribution >= 0.6 is 11.3 Å². The zero-order chi connectivity index (χ0) is 24.0. The van der Waals surface area contributed by atoms with Crippen molar-refractivity contribution >= 4 is 44.7 Å². The minimum absolute atomic E-state index is 0.0505. The van der Waals surface area contributed by atoms with E-state index in [2.05, 4.69) is 4.98 Å². The number of amides is 1. The number of carbonyl (C=O) groups excluding carboxylic acids is 2. The minimum atomic E-state index is -0.780. The number of Topliss-reactive ketones (excluding diaryl/α,β-unsaturated/α-hetero) is 1. The van der Waals surface area contributed by atoms with Crippen molar-refractivity contribution in [2.24, 2.45) is 0 Å². The number of hydrogen-bond acceptors (Lipinski definition) is 6. The highest BCUT2D eigenvalue weighted by Gasteiger charge is 2.48. The third-order valence-corrected chi connectivity index (χ3v) is 7.18. The molecule has 1 aliphatic rings. The molecule has 2 heterocycles. The SMILES string of the molecule is COc1ccc2cc(/C(O)=C3\C(=O)C(=O)N(c4nc(C)c(C)s4)C3c3ccccc3)ccc2c1. The molecule has 3 aromatic carbocycles. The quantitative estimate of drug-likeness (QED) is 0.240. The number of ether oxygens (including phenoxy) is 1. The molecular formula is C27H22N2O4S. The van der Waals surface area contributed by atoms with E-state index in [1.807, 2.05) is 68.4 Å². The lowest BCUT2D eigenvalue weighted by Crippen LogP contribution is -2.29. The topological polar surface area (TPSA) is 79.7 Å². The van der Waals surface area contributed by atoms with Crippen LogP contribution < -0.4 is 9.64 Å². The Kier molecular flexibility index (Phi) is 5.42. The average Bonchev–Trinajstić information content (AvgIpc) is 3.33. The third kappa shape index (κ3) is 3.54. The van der Waals surface area contributed by atoms with Gasteiger partial charge in [0.1, 0.15) is 11.5 Å². The second-order valence-electron chi connectivity index (χ2n) is 8.15. The number of methoxy groups -OCH3 is 1. The number of anilines is 1. The molecule has 1 amide bonds. The summed E-state index contributed by atoms with van der Waals surface area (Å²) in [6.07, 6.45) is 0. The molecular weight excluding hydrogens is 448 g/mol. The molecule has 1 unspecified atom stereocenters. The lowest BCUT2D eigenvalue weighted by molar-refractivity contribution is -0.132. The lowest BCUT2D eigenvalue weighted by atomic mass is 9.94. The molecule has 6 nitrogen and oxygen atoms in total. The average molecular weight is 471 g/mol. The predicted octanol–water partition coefficient (Wildman–Crippen LogP) is 5.55. The van der Waals surface area contributed by atoms with Crippen molar-refractivity contribution in [2.45, 2.75) is 19.9 Å². The number of thiazole rings is 1. The maximum absolute atomic E-state index is 13.3. The van der Waals surface area contributed by atoms with Crippen LogP contribution in [0.5, 0.6) is 5.75 Å². The molecule has 1 aromatic heterocycles. The van der Waals surface area contributed by atoms with E-state index in [9.17, 15) is 14.7 Å². The Balaban J connectivity index is 1.70. The number of aromatic nitrogens is 1. The van der Waals surface area contributed by atoms with Gasteiger partial charge in [0, 0.05) is 10.4 Å². The molecule has 0 bridgehead atoms. The Hall–Kier alpha value is -3.97. The van der Waals surface area contributed by atoms with Gasteiger partial charge in [-0.3, -0.25) is 14.5 Å². The van der Waals surface area contributed by atoms with Crippen LogP contribution in [-0.4, -0.2) is 28.9 Å². The van der Waals surface area contributed by atoms with Crippen LogP contribution in [0.1, 0.15) is 27.7 Å². The van der Waals surface area contributed by atoms with E-state index in [1.165, 1.54) is 16.2 Å². The summed E-state index contributed by atoms with van der Waals surface area (Å²) in [6, 6.07) is 19.5. The van der Waals surface area contributed by atoms with Gasteiger partial charge in [0.15, 0.2) is 5.13 Å². The van der Waals surface area contributed by atoms with Gasteiger partial charge in [0.2, 0.25) is 0 Å². The smallest absolute Gasteiger partial charge is 0.301 e.